The highest BCUT2D eigenvalue weighted by atomic mass is 32.2. The van der Waals surface area contributed by atoms with Gasteiger partial charge >= 0.3 is 0 Å². The summed E-state index contributed by atoms with van der Waals surface area (Å²) in [6.45, 7) is 1.88. The molecular formula is C20H24N2O5S. The molecule has 0 N–H and O–H groups in total. The molecule has 1 aliphatic heterocycles. The lowest BCUT2D eigenvalue weighted by molar-refractivity contribution is -0.385. The quantitative estimate of drug-likeness (QED) is 0.550. The molecule has 1 aliphatic rings. The number of hydrogen-bond acceptors (Lipinski definition) is 5. The summed E-state index contributed by atoms with van der Waals surface area (Å²) in [5.41, 5.74) is 0.886. The zero-order chi connectivity index (χ0) is 20.3. The molecule has 28 heavy (non-hydrogen) atoms. The number of rotatable bonds is 5. The van der Waals surface area contributed by atoms with Crippen molar-refractivity contribution >= 4 is 15.7 Å². The van der Waals surface area contributed by atoms with Crippen LogP contribution in [-0.4, -0.2) is 31.3 Å². The van der Waals surface area contributed by atoms with Crippen LogP contribution in [-0.2, 0) is 10.0 Å². The van der Waals surface area contributed by atoms with E-state index in [1.807, 2.05) is 24.3 Å². The van der Waals surface area contributed by atoms with Gasteiger partial charge in [0.25, 0.3) is 5.69 Å². The molecule has 0 spiro atoms. The minimum atomic E-state index is -3.89. The maximum atomic E-state index is 13.5. The van der Waals surface area contributed by atoms with Crippen LogP contribution in [0.3, 0.4) is 0 Å². The van der Waals surface area contributed by atoms with Crippen LogP contribution in [0.1, 0.15) is 42.9 Å². The van der Waals surface area contributed by atoms with Gasteiger partial charge in [0.1, 0.15) is 5.75 Å². The van der Waals surface area contributed by atoms with Gasteiger partial charge in [-0.2, -0.15) is 4.31 Å². The van der Waals surface area contributed by atoms with E-state index in [0.29, 0.717) is 18.7 Å². The van der Waals surface area contributed by atoms with Gasteiger partial charge in [-0.15, -0.1) is 0 Å². The van der Waals surface area contributed by atoms with Gasteiger partial charge in [0.2, 0.25) is 10.0 Å². The summed E-state index contributed by atoms with van der Waals surface area (Å²) in [6, 6.07) is 11.3. The lowest BCUT2D eigenvalue weighted by Gasteiger charge is -2.30. The van der Waals surface area contributed by atoms with Crippen LogP contribution in [0.5, 0.6) is 5.75 Å². The molecule has 1 heterocycles. The Balaban J connectivity index is 2.06. The minimum Gasteiger partial charge on any atom is -0.497 e. The minimum absolute atomic E-state index is 0.00196. The number of nitro benzene ring substituents is 1. The SMILES string of the molecule is COc1ccc(C2CCCCCN2S(=O)(=O)c2cccc([N+](=O)[O-])c2C)cc1. The van der Waals surface area contributed by atoms with Gasteiger partial charge in [-0.25, -0.2) is 8.42 Å². The summed E-state index contributed by atoms with van der Waals surface area (Å²) in [7, 11) is -2.30. The summed E-state index contributed by atoms with van der Waals surface area (Å²) in [5.74, 6) is 0.710. The van der Waals surface area contributed by atoms with Crippen LogP contribution >= 0.6 is 0 Å². The fraction of sp³-hybridized carbons (Fsp3) is 0.400. The predicted octanol–water partition coefficient (Wildman–Crippen LogP) is 4.22. The maximum Gasteiger partial charge on any atom is 0.273 e. The molecule has 8 heteroatoms. The van der Waals surface area contributed by atoms with Gasteiger partial charge in [-0.3, -0.25) is 10.1 Å². The molecule has 2 aromatic carbocycles. The van der Waals surface area contributed by atoms with E-state index in [1.165, 1.54) is 29.4 Å². The first-order valence-corrected chi connectivity index (χ1v) is 10.7. The van der Waals surface area contributed by atoms with Crippen molar-refractivity contribution in [2.75, 3.05) is 13.7 Å². The van der Waals surface area contributed by atoms with E-state index >= 15 is 0 Å². The maximum absolute atomic E-state index is 13.5. The standard InChI is InChI=1S/C20H24N2O5S/c1-15-18(22(23)24)8-6-9-20(15)28(25,26)21-14-5-3-4-7-19(21)16-10-12-17(27-2)13-11-16/h6,8-13,19H,3-5,7,14H2,1-2H3. The van der Waals surface area contributed by atoms with Crippen molar-refractivity contribution in [1.82, 2.24) is 4.31 Å². The van der Waals surface area contributed by atoms with Gasteiger partial charge in [0, 0.05) is 18.2 Å². The average Bonchev–Trinajstić information content (AvgIpc) is 2.94. The van der Waals surface area contributed by atoms with Gasteiger partial charge in [-0.05, 0) is 43.5 Å². The number of sulfonamides is 1. The van der Waals surface area contributed by atoms with E-state index in [4.69, 9.17) is 4.74 Å². The second-order valence-electron chi connectivity index (χ2n) is 6.91. The summed E-state index contributed by atoms with van der Waals surface area (Å²) in [5, 5.41) is 11.3. The molecule has 1 fully saturated rings. The summed E-state index contributed by atoms with van der Waals surface area (Å²) < 4.78 is 33.8. The molecule has 2 aromatic rings. The van der Waals surface area contributed by atoms with Crippen LogP contribution < -0.4 is 4.74 Å². The monoisotopic (exact) mass is 404 g/mol. The Morgan fingerprint density at radius 2 is 1.82 bits per heavy atom. The van der Waals surface area contributed by atoms with Gasteiger partial charge in [-0.1, -0.05) is 31.0 Å². The second-order valence-corrected chi connectivity index (χ2v) is 8.77. The van der Waals surface area contributed by atoms with Crippen molar-refractivity contribution in [3.8, 4) is 5.75 Å². The summed E-state index contributed by atoms with van der Waals surface area (Å²) >= 11 is 0. The molecule has 150 valence electrons. The largest absolute Gasteiger partial charge is 0.497 e. The molecule has 0 aromatic heterocycles. The molecule has 7 nitrogen and oxygen atoms in total. The van der Waals surface area contributed by atoms with Crippen LogP contribution in [0, 0.1) is 17.0 Å². The zero-order valence-electron chi connectivity index (χ0n) is 16.0. The van der Waals surface area contributed by atoms with Crippen LogP contribution in [0.4, 0.5) is 5.69 Å². The third-order valence-electron chi connectivity index (χ3n) is 5.24. The number of nitrogens with zero attached hydrogens (tertiary/aromatic N) is 2. The average molecular weight is 404 g/mol. The van der Waals surface area contributed by atoms with Crippen molar-refractivity contribution in [2.45, 2.75) is 43.5 Å². The van der Waals surface area contributed by atoms with Gasteiger partial charge in [0.05, 0.1) is 23.0 Å². The van der Waals surface area contributed by atoms with Crippen molar-refractivity contribution < 1.29 is 18.1 Å². The summed E-state index contributed by atoms with van der Waals surface area (Å²) in [6.07, 6.45) is 3.35. The van der Waals surface area contributed by atoms with E-state index in [9.17, 15) is 18.5 Å². The van der Waals surface area contributed by atoms with Crippen molar-refractivity contribution in [3.05, 3.63) is 63.7 Å². The normalized spacial score (nSPS) is 18.4. The Morgan fingerprint density at radius 1 is 1.11 bits per heavy atom. The Kier molecular flexibility index (Phi) is 6.00. The molecule has 1 unspecified atom stereocenters. The number of nitro groups is 1. The first-order valence-electron chi connectivity index (χ1n) is 9.26. The third-order valence-corrected chi connectivity index (χ3v) is 7.30. The molecule has 0 saturated carbocycles. The van der Waals surface area contributed by atoms with E-state index in [2.05, 4.69) is 0 Å². The van der Waals surface area contributed by atoms with Crippen molar-refractivity contribution in [1.29, 1.82) is 0 Å². The Hall–Kier alpha value is -2.45. The molecule has 0 radical (unpaired) electrons. The van der Waals surface area contributed by atoms with Gasteiger partial charge < -0.3 is 4.74 Å². The Bertz CT molecular complexity index is 957. The molecular weight excluding hydrogens is 380 g/mol. The smallest absolute Gasteiger partial charge is 0.273 e. The number of benzene rings is 2. The second kappa shape index (κ2) is 8.28. The lowest BCUT2D eigenvalue weighted by atomic mass is 10.0. The van der Waals surface area contributed by atoms with Crippen molar-refractivity contribution in [2.24, 2.45) is 0 Å². The number of hydrogen-bond donors (Lipinski definition) is 0. The molecule has 0 aliphatic carbocycles. The third kappa shape index (κ3) is 3.88. The highest BCUT2D eigenvalue weighted by molar-refractivity contribution is 7.89. The molecule has 0 amide bonds. The fourth-order valence-electron chi connectivity index (χ4n) is 3.74. The van der Waals surface area contributed by atoms with E-state index in [-0.39, 0.29) is 22.2 Å². The number of ether oxygens (including phenoxy) is 1. The van der Waals surface area contributed by atoms with E-state index in [1.54, 1.807) is 7.11 Å². The molecule has 0 bridgehead atoms. The lowest BCUT2D eigenvalue weighted by Crippen LogP contribution is -2.35. The Labute approximate surface area is 165 Å². The van der Waals surface area contributed by atoms with E-state index < -0.39 is 14.9 Å². The first-order chi connectivity index (χ1) is 13.4. The van der Waals surface area contributed by atoms with E-state index in [0.717, 1.165) is 24.8 Å². The van der Waals surface area contributed by atoms with Crippen molar-refractivity contribution in [3.63, 3.8) is 0 Å². The number of methoxy groups -OCH3 is 1. The highest BCUT2D eigenvalue weighted by Gasteiger charge is 2.35. The van der Waals surface area contributed by atoms with Crippen LogP contribution in [0.2, 0.25) is 0 Å². The van der Waals surface area contributed by atoms with Gasteiger partial charge in [0.15, 0.2) is 0 Å². The topological polar surface area (TPSA) is 89.8 Å². The van der Waals surface area contributed by atoms with Crippen LogP contribution in [0.15, 0.2) is 47.4 Å². The molecule has 1 saturated heterocycles. The first kappa shape index (κ1) is 20.3. The van der Waals surface area contributed by atoms with Crippen LogP contribution in [0.25, 0.3) is 0 Å². The molecule has 1 atom stereocenters. The predicted molar refractivity (Wildman–Crippen MR) is 106 cm³/mol. The Morgan fingerprint density at radius 3 is 2.46 bits per heavy atom. The highest BCUT2D eigenvalue weighted by Crippen LogP contribution is 2.37. The zero-order valence-corrected chi connectivity index (χ0v) is 16.8. The fourth-order valence-corrected chi connectivity index (χ4v) is 5.66. The molecule has 3 rings (SSSR count). The summed E-state index contributed by atoms with van der Waals surface area (Å²) in [4.78, 5) is 10.7.